The Labute approximate surface area is 98.6 Å². The number of hydrogen-bond donors (Lipinski definition) is 1. The van der Waals surface area contributed by atoms with Crippen LogP contribution in [-0.2, 0) is 14.2 Å². The third-order valence-electron chi connectivity index (χ3n) is 3.36. The van der Waals surface area contributed by atoms with Gasteiger partial charge in [-0.1, -0.05) is 0 Å². The Balaban J connectivity index is 2.27. The first-order valence-electron chi connectivity index (χ1n) is 6.08. The predicted molar refractivity (Wildman–Crippen MR) is 63.8 cm³/mol. The molecule has 0 aliphatic carbocycles. The SMILES string of the molecule is COCCC(C)NCC1(OC)CCOCC1. The second-order valence-electron chi connectivity index (χ2n) is 4.56. The summed E-state index contributed by atoms with van der Waals surface area (Å²) in [6.07, 6.45) is 2.99. The maximum Gasteiger partial charge on any atom is 0.0846 e. The van der Waals surface area contributed by atoms with Gasteiger partial charge >= 0.3 is 0 Å². The maximum absolute atomic E-state index is 5.66. The zero-order chi connectivity index (χ0) is 11.9. The van der Waals surface area contributed by atoms with Gasteiger partial charge in [0.05, 0.1) is 5.60 Å². The zero-order valence-electron chi connectivity index (χ0n) is 10.8. The molecule has 1 unspecified atom stereocenters. The van der Waals surface area contributed by atoms with Crippen LogP contribution in [0.1, 0.15) is 26.2 Å². The lowest BCUT2D eigenvalue weighted by molar-refractivity contribution is -0.0886. The standard InChI is InChI=1S/C12H25NO3/c1-11(4-7-14-2)13-10-12(15-3)5-8-16-9-6-12/h11,13H,4-10H2,1-3H3. The van der Waals surface area contributed by atoms with Crippen LogP contribution in [0.15, 0.2) is 0 Å². The Kier molecular flexibility index (Phi) is 6.28. The van der Waals surface area contributed by atoms with Crippen LogP contribution in [-0.4, -0.2) is 52.2 Å². The number of nitrogens with one attached hydrogen (secondary N) is 1. The molecule has 0 amide bonds. The molecule has 16 heavy (non-hydrogen) atoms. The van der Waals surface area contributed by atoms with Crippen LogP contribution in [0.5, 0.6) is 0 Å². The maximum atomic E-state index is 5.66. The molecule has 0 radical (unpaired) electrons. The van der Waals surface area contributed by atoms with Gasteiger partial charge < -0.3 is 19.5 Å². The van der Waals surface area contributed by atoms with Crippen molar-refractivity contribution in [3.63, 3.8) is 0 Å². The summed E-state index contributed by atoms with van der Waals surface area (Å²) in [6, 6.07) is 0.467. The molecule has 1 fully saturated rings. The van der Waals surface area contributed by atoms with E-state index in [4.69, 9.17) is 14.2 Å². The fourth-order valence-corrected chi connectivity index (χ4v) is 1.95. The quantitative estimate of drug-likeness (QED) is 0.714. The van der Waals surface area contributed by atoms with Gasteiger partial charge in [-0.15, -0.1) is 0 Å². The van der Waals surface area contributed by atoms with Crippen LogP contribution < -0.4 is 5.32 Å². The van der Waals surface area contributed by atoms with Crippen molar-refractivity contribution in [1.29, 1.82) is 0 Å². The molecule has 96 valence electrons. The average Bonchev–Trinajstić information content (AvgIpc) is 2.35. The van der Waals surface area contributed by atoms with Crippen molar-refractivity contribution < 1.29 is 14.2 Å². The number of hydrogen-bond acceptors (Lipinski definition) is 4. The number of methoxy groups -OCH3 is 2. The van der Waals surface area contributed by atoms with E-state index in [9.17, 15) is 0 Å². The average molecular weight is 231 g/mol. The van der Waals surface area contributed by atoms with E-state index in [2.05, 4.69) is 12.2 Å². The molecule has 4 nitrogen and oxygen atoms in total. The van der Waals surface area contributed by atoms with Gasteiger partial charge in [-0.25, -0.2) is 0 Å². The molecule has 0 aromatic carbocycles. The molecule has 0 aromatic heterocycles. The molecule has 1 rings (SSSR count). The summed E-state index contributed by atoms with van der Waals surface area (Å²) in [7, 11) is 3.54. The monoisotopic (exact) mass is 231 g/mol. The van der Waals surface area contributed by atoms with Gasteiger partial charge in [-0.3, -0.25) is 0 Å². The first-order valence-corrected chi connectivity index (χ1v) is 6.08. The van der Waals surface area contributed by atoms with E-state index in [-0.39, 0.29) is 5.60 Å². The largest absolute Gasteiger partial charge is 0.385 e. The Morgan fingerprint density at radius 2 is 2.00 bits per heavy atom. The van der Waals surface area contributed by atoms with E-state index in [1.54, 1.807) is 14.2 Å². The van der Waals surface area contributed by atoms with E-state index in [0.717, 1.165) is 45.6 Å². The lowest BCUT2D eigenvalue weighted by Gasteiger charge is -2.37. The van der Waals surface area contributed by atoms with Crippen LogP contribution >= 0.6 is 0 Å². The molecule has 0 saturated carbocycles. The Bertz CT molecular complexity index is 181. The van der Waals surface area contributed by atoms with Gasteiger partial charge in [-0.05, 0) is 13.3 Å². The lowest BCUT2D eigenvalue weighted by atomic mass is 9.93. The molecule has 1 atom stereocenters. The minimum absolute atomic E-state index is 0.0282. The van der Waals surface area contributed by atoms with Gasteiger partial charge in [0.25, 0.3) is 0 Å². The summed E-state index contributed by atoms with van der Waals surface area (Å²) in [6.45, 7) is 5.50. The highest BCUT2D eigenvalue weighted by molar-refractivity contribution is 4.86. The molecule has 1 N–H and O–H groups in total. The van der Waals surface area contributed by atoms with E-state index in [0.29, 0.717) is 6.04 Å². The van der Waals surface area contributed by atoms with Crippen LogP contribution in [0, 0.1) is 0 Å². The third-order valence-corrected chi connectivity index (χ3v) is 3.36. The van der Waals surface area contributed by atoms with Crippen LogP contribution in [0.4, 0.5) is 0 Å². The molecular formula is C12H25NO3. The van der Waals surface area contributed by atoms with Crippen molar-refractivity contribution in [3.8, 4) is 0 Å². The second-order valence-corrected chi connectivity index (χ2v) is 4.56. The fourth-order valence-electron chi connectivity index (χ4n) is 1.95. The van der Waals surface area contributed by atoms with E-state index < -0.39 is 0 Å². The first kappa shape index (κ1) is 13.9. The van der Waals surface area contributed by atoms with Crippen molar-refractivity contribution >= 4 is 0 Å². The predicted octanol–water partition coefficient (Wildman–Crippen LogP) is 1.20. The number of rotatable bonds is 7. The normalized spacial score (nSPS) is 21.9. The van der Waals surface area contributed by atoms with Gasteiger partial charge in [0.1, 0.15) is 0 Å². The summed E-state index contributed by atoms with van der Waals surface area (Å²) >= 11 is 0. The fraction of sp³-hybridized carbons (Fsp3) is 1.00. The van der Waals surface area contributed by atoms with Crippen molar-refractivity contribution in [1.82, 2.24) is 5.32 Å². The van der Waals surface area contributed by atoms with Crippen molar-refractivity contribution in [3.05, 3.63) is 0 Å². The number of ether oxygens (including phenoxy) is 3. The summed E-state index contributed by atoms with van der Waals surface area (Å²) in [5.74, 6) is 0. The molecule has 1 heterocycles. The van der Waals surface area contributed by atoms with Gasteiger partial charge in [0, 0.05) is 59.5 Å². The smallest absolute Gasteiger partial charge is 0.0846 e. The third kappa shape index (κ3) is 4.37. The molecule has 1 aliphatic rings. The van der Waals surface area contributed by atoms with Crippen LogP contribution in [0.2, 0.25) is 0 Å². The summed E-state index contributed by atoms with van der Waals surface area (Å²) < 4.78 is 16.1. The van der Waals surface area contributed by atoms with Crippen molar-refractivity contribution in [2.75, 3.05) is 40.6 Å². The second kappa shape index (κ2) is 7.22. The van der Waals surface area contributed by atoms with Crippen LogP contribution in [0.3, 0.4) is 0 Å². The summed E-state index contributed by atoms with van der Waals surface area (Å²) in [5, 5.41) is 3.52. The van der Waals surface area contributed by atoms with E-state index in [1.807, 2.05) is 0 Å². The highest BCUT2D eigenvalue weighted by Gasteiger charge is 2.32. The molecule has 0 spiro atoms. The summed E-state index contributed by atoms with van der Waals surface area (Å²) in [4.78, 5) is 0. The van der Waals surface area contributed by atoms with Gasteiger partial charge in [0.15, 0.2) is 0 Å². The highest BCUT2D eigenvalue weighted by Crippen LogP contribution is 2.23. The van der Waals surface area contributed by atoms with E-state index in [1.165, 1.54) is 0 Å². The van der Waals surface area contributed by atoms with Crippen molar-refractivity contribution in [2.45, 2.75) is 37.8 Å². The van der Waals surface area contributed by atoms with Crippen LogP contribution in [0.25, 0.3) is 0 Å². The zero-order valence-corrected chi connectivity index (χ0v) is 10.8. The lowest BCUT2D eigenvalue weighted by Crippen LogP contribution is -2.48. The Morgan fingerprint density at radius 3 is 2.56 bits per heavy atom. The molecule has 1 saturated heterocycles. The molecular weight excluding hydrogens is 206 g/mol. The van der Waals surface area contributed by atoms with Gasteiger partial charge in [0.2, 0.25) is 0 Å². The minimum atomic E-state index is -0.0282. The van der Waals surface area contributed by atoms with Gasteiger partial charge in [-0.2, -0.15) is 0 Å². The Morgan fingerprint density at radius 1 is 1.31 bits per heavy atom. The van der Waals surface area contributed by atoms with Crippen molar-refractivity contribution in [2.24, 2.45) is 0 Å². The first-order chi connectivity index (χ1) is 7.72. The molecule has 0 aromatic rings. The molecule has 4 heteroatoms. The minimum Gasteiger partial charge on any atom is -0.385 e. The topological polar surface area (TPSA) is 39.7 Å². The molecule has 0 bridgehead atoms. The Hall–Kier alpha value is -0.160. The molecule has 1 aliphatic heterocycles. The summed E-state index contributed by atoms with van der Waals surface area (Å²) in [5.41, 5.74) is -0.0282. The highest BCUT2D eigenvalue weighted by atomic mass is 16.5. The van der Waals surface area contributed by atoms with E-state index >= 15 is 0 Å².